The van der Waals surface area contributed by atoms with Crippen LogP contribution < -0.4 is 9.47 Å². The highest BCUT2D eigenvalue weighted by molar-refractivity contribution is 6.15. The molecular weight excluding hydrogens is 312 g/mol. The molecule has 4 aromatic rings. The Hall–Kier alpha value is -2.75. The molecule has 128 valence electrons. The van der Waals surface area contributed by atoms with E-state index in [0.717, 1.165) is 50.6 Å². The third-order valence-electron chi connectivity index (χ3n) is 4.88. The molecule has 0 aliphatic carbocycles. The molecule has 4 rings (SSSR count). The number of hydrogen-bond acceptors (Lipinski definition) is 2. The first kappa shape index (κ1) is 15.8. The van der Waals surface area contributed by atoms with E-state index in [1.165, 1.54) is 0 Å². The van der Waals surface area contributed by atoms with Gasteiger partial charge in [-0.3, -0.25) is 0 Å². The maximum Gasteiger partial charge on any atom is 0.225 e. The summed E-state index contributed by atoms with van der Waals surface area (Å²) in [6, 6.07) is 13.9. The Kier molecular flexibility index (Phi) is 3.75. The number of hydrogen-bond donors (Lipinski definition) is 0. The number of aryl methyl sites for hydroxylation is 1. The molecule has 2 heterocycles. The SMILES string of the molecule is COc1ccc2c(c1)c1c[n+]([O-])c3ccccc3c1n2CCC(C)C. The van der Waals surface area contributed by atoms with Gasteiger partial charge in [0.05, 0.1) is 23.4 Å². The minimum atomic E-state index is 0.616. The van der Waals surface area contributed by atoms with Gasteiger partial charge in [-0.05, 0) is 36.6 Å². The van der Waals surface area contributed by atoms with Crippen LogP contribution in [0.4, 0.5) is 0 Å². The minimum Gasteiger partial charge on any atom is -0.618 e. The zero-order valence-corrected chi connectivity index (χ0v) is 14.8. The maximum atomic E-state index is 12.5. The quantitative estimate of drug-likeness (QED) is 0.403. The molecule has 0 N–H and O–H groups in total. The van der Waals surface area contributed by atoms with Gasteiger partial charge >= 0.3 is 0 Å². The van der Waals surface area contributed by atoms with Gasteiger partial charge < -0.3 is 14.5 Å². The van der Waals surface area contributed by atoms with Crippen molar-refractivity contribution in [1.82, 2.24) is 4.57 Å². The van der Waals surface area contributed by atoms with Crippen molar-refractivity contribution in [3.05, 3.63) is 53.9 Å². The van der Waals surface area contributed by atoms with Crippen LogP contribution in [0.1, 0.15) is 20.3 Å². The van der Waals surface area contributed by atoms with Crippen LogP contribution in [0.5, 0.6) is 5.75 Å². The number of fused-ring (bicyclic) bond motifs is 5. The molecule has 0 fully saturated rings. The number of methoxy groups -OCH3 is 1. The fraction of sp³-hybridized carbons (Fsp3) is 0.286. The van der Waals surface area contributed by atoms with Crippen LogP contribution >= 0.6 is 0 Å². The van der Waals surface area contributed by atoms with E-state index in [1.54, 1.807) is 13.3 Å². The van der Waals surface area contributed by atoms with Gasteiger partial charge in [0.15, 0.2) is 6.20 Å². The molecule has 0 radical (unpaired) electrons. The van der Waals surface area contributed by atoms with Gasteiger partial charge in [-0.25, -0.2) is 0 Å². The number of rotatable bonds is 4. The van der Waals surface area contributed by atoms with Gasteiger partial charge in [-0.1, -0.05) is 26.0 Å². The Labute approximate surface area is 146 Å². The average Bonchev–Trinajstić information content (AvgIpc) is 2.93. The summed E-state index contributed by atoms with van der Waals surface area (Å²) in [5.41, 5.74) is 2.98. The van der Waals surface area contributed by atoms with Crippen LogP contribution in [0.3, 0.4) is 0 Å². The van der Waals surface area contributed by atoms with E-state index in [1.807, 2.05) is 36.4 Å². The van der Waals surface area contributed by atoms with Crippen LogP contribution in [0.2, 0.25) is 0 Å². The summed E-state index contributed by atoms with van der Waals surface area (Å²) in [6.45, 7) is 5.40. The number of nitrogens with zero attached hydrogens (tertiary/aromatic N) is 2. The van der Waals surface area contributed by atoms with E-state index in [9.17, 15) is 5.21 Å². The van der Waals surface area contributed by atoms with E-state index in [-0.39, 0.29) is 0 Å². The van der Waals surface area contributed by atoms with Gasteiger partial charge in [0.2, 0.25) is 5.52 Å². The molecule has 0 atom stereocenters. The fourth-order valence-electron chi connectivity index (χ4n) is 3.58. The zero-order chi connectivity index (χ0) is 17.6. The minimum absolute atomic E-state index is 0.616. The molecule has 0 aliphatic heterocycles. The zero-order valence-electron chi connectivity index (χ0n) is 14.8. The Morgan fingerprint density at radius 1 is 1.08 bits per heavy atom. The second kappa shape index (κ2) is 5.96. The van der Waals surface area contributed by atoms with Crippen molar-refractivity contribution >= 4 is 32.7 Å². The molecular formula is C21H22N2O2. The Morgan fingerprint density at radius 3 is 2.64 bits per heavy atom. The van der Waals surface area contributed by atoms with Gasteiger partial charge in [0, 0.05) is 23.5 Å². The Balaban J connectivity index is 2.15. The lowest BCUT2D eigenvalue weighted by Gasteiger charge is -2.11. The normalized spacial score (nSPS) is 11.8. The van der Waals surface area contributed by atoms with Gasteiger partial charge in [0.1, 0.15) is 5.75 Å². The molecule has 0 amide bonds. The molecule has 0 unspecified atom stereocenters. The summed E-state index contributed by atoms with van der Waals surface area (Å²) in [4.78, 5) is 0. The largest absolute Gasteiger partial charge is 0.618 e. The van der Waals surface area contributed by atoms with Crippen molar-refractivity contribution in [1.29, 1.82) is 0 Å². The van der Waals surface area contributed by atoms with Crippen molar-refractivity contribution in [2.45, 2.75) is 26.8 Å². The van der Waals surface area contributed by atoms with Gasteiger partial charge in [-0.15, -0.1) is 0 Å². The first-order chi connectivity index (χ1) is 12.1. The van der Waals surface area contributed by atoms with Crippen molar-refractivity contribution in [3.8, 4) is 5.75 Å². The molecule has 2 aromatic carbocycles. The predicted octanol–water partition coefficient (Wildman–Crippen LogP) is 4.64. The highest BCUT2D eigenvalue weighted by Crippen LogP contribution is 2.35. The molecule has 0 aliphatic rings. The van der Waals surface area contributed by atoms with Crippen LogP contribution in [0, 0.1) is 11.1 Å². The lowest BCUT2D eigenvalue weighted by atomic mass is 10.1. The average molecular weight is 334 g/mol. The van der Waals surface area contributed by atoms with Crippen molar-refractivity contribution < 1.29 is 9.47 Å². The maximum absolute atomic E-state index is 12.5. The van der Waals surface area contributed by atoms with Crippen LogP contribution in [0.25, 0.3) is 32.7 Å². The monoisotopic (exact) mass is 334 g/mol. The van der Waals surface area contributed by atoms with E-state index >= 15 is 0 Å². The first-order valence-corrected chi connectivity index (χ1v) is 8.71. The molecule has 4 nitrogen and oxygen atoms in total. The third-order valence-corrected chi connectivity index (χ3v) is 4.88. The summed E-state index contributed by atoms with van der Waals surface area (Å²) >= 11 is 0. The molecule has 25 heavy (non-hydrogen) atoms. The summed E-state index contributed by atoms with van der Waals surface area (Å²) < 4.78 is 8.73. The molecule has 2 aromatic heterocycles. The van der Waals surface area contributed by atoms with Crippen LogP contribution in [-0.4, -0.2) is 11.7 Å². The summed E-state index contributed by atoms with van der Waals surface area (Å²) in [6.07, 6.45) is 2.79. The third kappa shape index (κ3) is 2.49. The number of pyridine rings is 1. The molecule has 0 saturated heterocycles. The molecule has 4 heteroatoms. The second-order valence-corrected chi connectivity index (χ2v) is 6.95. The Morgan fingerprint density at radius 2 is 1.88 bits per heavy atom. The first-order valence-electron chi connectivity index (χ1n) is 8.71. The van der Waals surface area contributed by atoms with Gasteiger partial charge in [0.25, 0.3) is 0 Å². The van der Waals surface area contributed by atoms with Crippen LogP contribution in [0.15, 0.2) is 48.7 Å². The van der Waals surface area contributed by atoms with E-state index < -0.39 is 0 Å². The van der Waals surface area contributed by atoms with Crippen molar-refractivity contribution in [2.24, 2.45) is 5.92 Å². The smallest absolute Gasteiger partial charge is 0.225 e. The molecule has 0 spiro atoms. The highest BCUT2D eigenvalue weighted by Gasteiger charge is 2.19. The highest BCUT2D eigenvalue weighted by atomic mass is 16.5. The predicted molar refractivity (Wildman–Crippen MR) is 102 cm³/mol. The number of benzene rings is 2. The summed E-state index contributed by atoms with van der Waals surface area (Å²) in [5, 5.41) is 15.6. The van der Waals surface area contributed by atoms with E-state index in [4.69, 9.17) is 4.74 Å². The molecule has 0 bridgehead atoms. The number of aromatic nitrogens is 2. The number of para-hydroxylation sites is 1. The standard InChI is InChI=1S/C21H22N2O2/c1-14(2)10-11-22-19-9-8-15(25-3)12-17(19)18-13-23(24)20-7-5-4-6-16(20)21(18)22/h4-9,12-14H,10-11H2,1-3H3. The second-order valence-electron chi connectivity index (χ2n) is 6.95. The van der Waals surface area contributed by atoms with E-state index in [2.05, 4.69) is 24.5 Å². The topological polar surface area (TPSA) is 41.1 Å². The lowest BCUT2D eigenvalue weighted by molar-refractivity contribution is -0.575. The van der Waals surface area contributed by atoms with E-state index in [0.29, 0.717) is 11.4 Å². The Bertz CT molecular complexity index is 1080. The summed E-state index contributed by atoms with van der Waals surface area (Å²) in [7, 11) is 1.67. The number of ether oxygens (including phenoxy) is 1. The van der Waals surface area contributed by atoms with Gasteiger partial charge in [-0.2, -0.15) is 4.73 Å². The summed E-state index contributed by atoms with van der Waals surface area (Å²) in [5.74, 6) is 1.42. The van der Waals surface area contributed by atoms with Crippen molar-refractivity contribution in [3.63, 3.8) is 0 Å². The van der Waals surface area contributed by atoms with Crippen molar-refractivity contribution in [2.75, 3.05) is 7.11 Å². The molecule has 0 saturated carbocycles. The fourth-order valence-corrected chi connectivity index (χ4v) is 3.58. The van der Waals surface area contributed by atoms with Crippen LogP contribution in [-0.2, 0) is 6.54 Å². The lowest BCUT2D eigenvalue weighted by Crippen LogP contribution is -2.26.